The van der Waals surface area contributed by atoms with Crippen LogP contribution < -0.4 is 10.5 Å². The molecule has 0 aromatic heterocycles. The molecule has 0 saturated carbocycles. The largest absolute Gasteiger partial charge is 0.494 e. The number of hydrogen-bond acceptors (Lipinski definition) is 4. The van der Waals surface area contributed by atoms with E-state index in [1.807, 2.05) is 6.07 Å². The van der Waals surface area contributed by atoms with E-state index in [4.69, 9.17) is 15.2 Å². The SMILES string of the molecule is CCCOc1cccc(C(CN)N2CCCC(OC)C2)c1. The summed E-state index contributed by atoms with van der Waals surface area (Å²) in [6.45, 7) is 5.53. The van der Waals surface area contributed by atoms with Gasteiger partial charge in [-0.3, -0.25) is 4.90 Å². The second-order valence-electron chi connectivity index (χ2n) is 5.67. The molecule has 4 heteroatoms. The Balaban J connectivity index is 2.09. The number of methoxy groups -OCH3 is 1. The highest BCUT2D eigenvalue weighted by Gasteiger charge is 2.26. The molecule has 2 unspecified atom stereocenters. The molecule has 1 saturated heterocycles. The smallest absolute Gasteiger partial charge is 0.119 e. The van der Waals surface area contributed by atoms with Gasteiger partial charge in [-0.25, -0.2) is 0 Å². The van der Waals surface area contributed by atoms with Crippen molar-refractivity contribution in [3.05, 3.63) is 29.8 Å². The van der Waals surface area contributed by atoms with E-state index < -0.39 is 0 Å². The molecule has 21 heavy (non-hydrogen) atoms. The number of piperidine rings is 1. The number of rotatable bonds is 7. The van der Waals surface area contributed by atoms with Crippen molar-refractivity contribution >= 4 is 0 Å². The van der Waals surface area contributed by atoms with Crippen LogP contribution in [-0.2, 0) is 4.74 Å². The normalized spacial score (nSPS) is 21.2. The van der Waals surface area contributed by atoms with E-state index in [1.165, 1.54) is 12.0 Å². The van der Waals surface area contributed by atoms with E-state index >= 15 is 0 Å². The van der Waals surface area contributed by atoms with Gasteiger partial charge in [0, 0.05) is 26.2 Å². The molecule has 0 aliphatic carbocycles. The third kappa shape index (κ3) is 4.43. The van der Waals surface area contributed by atoms with Gasteiger partial charge in [0.1, 0.15) is 5.75 Å². The second-order valence-corrected chi connectivity index (χ2v) is 5.67. The molecule has 0 radical (unpaired) electrons. The van der Waals surface area contributed by atoms with Crippen LogP contribution in [0.4, 0.5) is 0 Å². The van der Waals surface area contributed by atoms with Crippen molar-refractivity contribution in [2.45, 2.75) is 38.3 Å². The molecule has 1 aliphatic heterocycles. The highest BCUT2D eigenvalue weighted by Crippen LogP contribution is 2.27. The molecule has 1 aromatic carbocycles. The lowest BCUT2D eigenvalue weighted by Crippen LogP contribution is -2.43. The average Bonchev–Trinajstić information content (AvgIpc) is 2.54. The van der Waals surface area contributed by atoms with Gasteiger partial charge < -0.3 is 15.2 Å². The molecule has 1 fully saturated rings. The van der Waals surface area contributed by atoms with Gasteiger partial charge in [-0.15, -0.1) is 0 Å². The van der Waals surface area contributed by atoms with E-state index in [1.54, 1.807) is 7.11 Å². The number of nitrogens with zero attached hydrogens (tertiary/aromatic N) is 1. The molecule has 0 spiro atoms. The molecule has 2 rings (SSSR count). The van der Waals surface area contributed by atoms with Crippen molar-refractivity contribution in [1.29, 1.82) is 0 Å². The quantitative estimate of drug-likeness (QED) is 0.839. The first-order valence-electron chi connectivity index (χ1n) is 7.98. The van der Waals surface area contributed by atoms with E-state index in [2.05, 4.69) is 30.0 Å². The first-order valence-corrected chi connectivity index (χ1v) is 7.98. The van der Waals surface area contributed by atoms with Crippen molar-refractivity contribution in [2.24, 2.45) is 5.73 Å². The van der Waals surface area contributed by atoms with Crippen molar-refractivity contribution in [2.75, 3.05) is 33.4 Å². The highest BCUT2D eigenvalue weighted by molar-refractivity contribution is 5.31. The first-order chi connectivity index (χ1) is 10.3. The van der Waals surface area contributed by atoms with E-state index in [0.29, 0.717) is 12.6 Å². The molecule has 0 bridgehead atoms. The molecular weight excluding hydrogens is 264 g/mol. The molecule has 4 nitrogen and oxygen atoms in total. The van der Waals surface area contributed by atoms with Crippen molar-refractivity contribution < 1.29 is 9.47 Å². The third-order valence-electron chi connectivity index (χ3n) is 4.12. The predicted molar refractivity (Wildman–Crippen MR) is 85.6 cm³/mol. The minimum absolute atomic E-state index is 0.244. The molecule has 2 atom stereocenters. The third-order valence-corrected chi connectivity index (χ3v) is 4.12. The molecule has 0 amide bonds. The number of nitrogens with two attached hydrogens (primary N) is 1. The van der Waals surface area contributed by atoms with Crippen LogP contribution in [0.2, 0.25) is 0 Å². The minimum Gasteiger partial charge on any atom is -0.494 e. The van der Waals surface area contributed by atoms with Crippen LogP contribution in [0, 0.1) is 0 Å². The first kappa shape index (κ1) is 16.3. The lowest BCUT2D eigenvalue weighted by atomic mass is 10.0. The van der Waals surface area contributed by atoms with Gasteiger partial charge in [0.25, 0.3) is 0 Å². The zero-order valence-electron chi connectivity index (χ0n) is 13.3. The van der Waals surface area contributed by atoms with Crippen molar-refractivity contribution in [1.82, 2.24) is 4.90 Å². The van der Waals surface area contributed by atoms with E-state index in [0.717, 1.165) is 38.3 Å². The van der Waals surface area contributed by atoms with Gasteiger partial charge in [-0.1, -0.05) is 19.1 Å². The van der Waals surface area contributed by atoms with Crippen molar-refractivity contribution in [3.8, 4) is 5.75 Å². The van der Waals surface area contributed by atoms with Gasteiger partial charge in [0.2, 0.25) is 0 Å². The Bertz CT molecular complexity index is 425. The number of hydrogen-bond donors (Lipinski definition) is 1. The summed E-state index contributed by atoms with van der Waals surface area (Å²) in [7, 11) is 1.80. The fourth-order valence-electron chi connectivity index (χ4n) is 2.97. The summed E-state index contributed by atoms with van der Waals surface area (Å²) in [6, 6.07) is 8.59. The molecule has 1 aliphatic rings. The fourth-order valence-corrected chi connectivity index (χ4v) is 2.97. The zero-order chi connectivity index (χ0) is 15.1. The summed E-state index contributed by atoms with van der Waals surface area (Å²) < 4.78 is 11.3. The highest BCUT2D eigenvalue weighted by atomic mass is 16.5. The van der Waals surface area contributed by atoms with Gasteiger partial charge in [-0.05, 0) is 43.5 Å². The average molecular weight is 292 g/mol. The Kier molecular flexibility index (Phi) is 6.49. The lowest BCUT2D eigenvalue weighted by Gasteiger charge is -2.37. The Labute approximate surface area is 128 Å². The Morgan fingerprint density at radius 1 is 1.43 bits per heavy atom. The van der Waals surface area contributed by atoms with Crippen LogP contribution in [-0.4, -0.2) is 44.4 Å². The lowest BCUT2D eigenvalue weighted by molar-refractivity contribution is 0.0155. The van der Waals surface area contributed by atoms with E-state index in [-0.39, 0.29) is 6.04 Å². The van der Waals surface area contributed by atoms with Gasteiger partial charge in [-0.2, -0.15) is 0 Å². The number of ether oxygens (including phenoxy) is 2. The predicted octanol–water partition coefficient (Wildman–Crippen LogP) is 2.59. The van der Waals surface area contributed by atoms with Crippen LogP contribution in [0.5, 0.6) is 5.75 Å². The standard InChI is InChI=1S/C17H28N2O2/c1-3-10-21-15-7-4-6-14(11-15)17(12-18)19-9-5-8-16(13-19)20-2/h4,6-7,11,16-17H,3,5,8-10,12-13,18H2,1-2H3. The summed E-state index contributed by atoms with van der Waals surface area (Å²) in [5.74, 6) is 0.938. The molecule has 118 valence electrons. The van der Waals surface area contributed by atoms with Crippen LogP contribution in [0.3, 0.4) is 0 Å². The summed E-state index contributed by atoms with van der Waals surface area (Å²) in [5, 5.41) is 0. The summed E-state index contributed by atoms with van der Waals surface area (Å²) >= 11 is 0. The maximum absolute atomic E-state index is 6.05. The fraction of sp³-hybridized carbons (Fsp3) is 0.647. The topological polar surface area (TPSA) is 47.7 Å². The molecular formula is C17H28N2O2. The molecule has 1 aromatic rings. The van der Waals surface area contributed by atoms with Gasteiger partial charge in [0.15, 0.2) is 0 Å². The Morgan fingerprint density at radius 2 is 2.29 bits per heavy atom. The number of benzene rings is 1. The molecule has 2 N–H and O–H groups in total. The molecule has 1 heterocycles. The monoisotopic (exact) mass is 292 g/mol. The summed E-state index contributed by atoms with van der Waals surface area (Å²) in [5.41, 5.74) is 7.29. The summed E-state index contributed by atoms with van der Waals surface area (Å²) in [6.07, 6.45) is 3.66. The van der Waals surface area contributed by atoms with Gasteiger partial charge in [0.05, 0.1) is 12.7 Å². The maximum atomic E-state index is 6.05. The number of likely N-dealkylation sites (tertiary alicyclic amines) is 1. The van der Waals surface area contributed by atoms with Crippen LogP contribution in [0.15, 0.2) is 24.3 Å². The van der Waals surface area contributed by atoms with Gasteiger partial charge >= 0.3 is 0 Å². The Hall–Kier alpha value is -1.10. The maximum Gasteiger partial charge on any atom is 0.119 e. The van der Waals surface area contributed by atoms with Crippen LogP contribution in [0.1, 0.15) is 37.8 Å². The Morgan fingerprint density at radius 3 is 3.00 bits per heavy atom. The minimum atomic E-state index is 0.244. The zero-order valence-corrected chi connectivity index (χ0v) is 13.3. The van der Waals surface area contributed by atoms with Crippen LogP contribution in [0.25, 0.3) is 0 Å². The second kappa shape index (κ2) is 8.37. The summed E-state index contributed by atoms with van der Waals surface area (Å²) in [4.78, 5) is 2.44. The van der Waals surface area contributed by atoms with E-state index in [9.17, 15) is 0 Å². The van der Waals surface area contributed by atoms with Crippen LogP contribution >= 0.6 is 0 Å². The van der Waals surface area contributed by atoms with Crippen molar-refractivity contribution in [3.63, 3.8) is 0 Å².